The Morgan fingerprint density at radius 3 is 2.71 bits per heavy atom. The number of amides is 1. The molecular formula is C15H22N2O4. The molecule has 6 nitrogen and oxygen atoms in total. The molecule has 0 aromatic heterocycles. The van der Waals surface area contributed by atoms with Gasteiger partial charge in [0.25, 0.3) is 5.91 Å². The van der Waals surface area contributed by atoms with Crippen molar-refractivity contribution >= 4 is 17.6 Å². The first-order valence-electron chi connectivity index (χ1n) is 6.88. The second kappa shape index (κ2) is 8.14. The summed E-state index contributed by atoms with van der Waals surface area (Å²) >= 11 is 0. The van der Waals surface area contributed by atoms with Crippen LogP contribution in [-0.2, 0) is 9.53 Å². The van der Waals surface area contributed by atoms with Gasteiger partial charge in [0.2, 0.25) is 0 Å². The van der Waals surface area contributed by atoms with Gasteiger partial charge in [-0.15, -0.1) is 0 Å². The SMILES string of the molecule is CCCC(C)NC(=O)COC(=O)c1cccc(OC)c1N. The third-order valence-electron chi connectivity index (χ3n) is 2.97. The van der Waals surface area contributed by atoms with E-state index in [0.717, 1.165) is 12.8 Å². The molecule has 0 aliphatic rings. The lowest BCUT2D eigenvalue weighted by Crippen LogP contribution is -2.35. The quantitative estimate of drug-likeness (QED) is 0.590. The van der Waals surface area contributed by atoms with Crippen LogP contribution in [0.2, 0.25) is 0 Å². The van der Waals surface area contributed by atoms with Crippen molar-refractivity contribution in [1.82, 2.24) is 5.32 Å². The Morgan fingerprint density at radius 1 is 1.38 bits per heavy atom. The highest BCUT2D eigenvalue weighted by atomic mass is 16.5. The zero-order valence-corrected chi connectivity index (χ0v) is 12.6. The lowest BCUT2D eigenvalue weighted by molar-refractivity contribution is -0.124. The first-order valence-corrected chi connectivity index (χ1v) is 6.88. The van der Waals surface area contributed by atoms with Crippen molar-refractivity contribution < 1.29 is 19.1 Å². The second-order valence-electron chi connectivity index (χ2n) is 4.75. The molecule has 116 valence electrons. The fourth-order valence-electron chi connectivity index (χ4n) is 1.93. The first-order chi connectivity index (χ1) is 9.99. The van der Waals surface area contributed by atoms with Gasteiger partial charge in [-0.3, -0.25) is 4.79 Å². The van der Waals surface area contributed by atoms with Crippen LogP contribution in [0.15, 0.2) is 18.2 Å². The smallest absolute Gasteiger partial charge is 0.340 e. The van der Waals surface area contributed by atoms with Gasteiger partial charge in [-0.05, 0) is 25.5 Å². The number of anilines is 1. The summed E-state index contributed by atoms with van der Waals surface area (Å²) in [4.78, 5) is 23.5. The second-order valence-corrected chi connectivity index (χ2v) is 4.75. The molecule has 0 saturated heterocycles. The Labute approximate surface area is 124 Å². The van der Waals surface area contributed by atoms with Crippen LogP contribution < -0.4 is 15.8 Å². The number of ether oxygens (including phenoxy) is 2. The van der Waals surface area contributed by atoms with Crippen LogP contribution in [0.5, 0.6) is 5.75 Å². The average molecular weight is 294 g/mol. The van der Waals surface area contributed by atoms with E-state index in [2.05, 4.69) is 5.32 Å². The Hall–Kier alpha value is -2.24. The fourth-order valence-corrected chi connectivity index (χ4v) is 1.93. The van der Waals surface area contributed by atoms with Crippen molar-refractivity contribution in [2.24, 2.45) is 0 Å². The van der Waals surface area contributed by atoms with Gasteiger partial charge in [0.05, 0.1) is 18.4 Å². The average Bonchev–Trinajstić information content (AvgIpc) is 2.45. The van der Waals surface area contributed by atoms with Crippen LogP contribution in [0.4, 0.5) is 5.69 Å². The van der Waals surface area contributed by atoms with E-state index in [0.29, 0.717) is 5.75 Å². The van der Waals surface area contributed by atoms with E-state index in [1.165, 1.54) is 13.2 Å². The van der Waals surface area contributed by atoms with Gasteiger partial charge in [0.1, 0.15) is 5.75 Å². The highest BCUT2D eigenvalue weighted by Crippen LogP contribution is 2.25. The minimum absolute atomic E-state index is 0.0584. The summed E-state index contributed by atoms with van der Waals surface area (Å²) in [5.41, 5.74) is 6.18. The van der Waals surface area contributed by atoms with E-state index in [1.54, 1.807) is 12.1 Å². The summed E-state index contributed by atoms with van der Waals surface area (Å²) in [6, 6.07) is 4.86. The lowest BCUT2D eigenvalue weighted by Gasteiger charge is -2.13. The van der Waals surface area contributed by atoms with Crippen molar-refractivity contribution in [2.75, 3.05) is 19.5 Å². The number of esters is 1. The molecule has 1 atom stereocenters. The standard InChI is InChI=1S/C15H22N2O4/c1-4-6-10(2)17-13(18)9-21-15(19)11-7-5-8-12(20-3)14(11)16/h5,7-8,10H,4,6,9,16H2,1-3H3,(H,17,18). The molecule has 1 rings (SSSR count). The maximum atomic E-state index is 11.9. The Morgan fingerprint density at radius 2 is 2.10 bits per heavy atom. The number of benzene rings is 1. The first kappa shape index (κ1) is 16.8. The number of methoxy groups -OCH3 is 1. The van der Waals surface area contributed by atoms with Crippen LogP contribution in [0.3, 0.4) is 0 Å². The molecule has 3 N–H and O–H groups in total. The molecule has 0 bridgehead atoms. The highest BCUT2D eigenvalue weighted by molar-refractivity contribution is 5.97. The van der Waals surface area contributed by atoms with Crippen LogP contribution in [0.1, 0.15) is 37.0 Å². The van der Waals surface area contributed by atoms with Gasteiger partial charge in [-0.1, -0.05) is 19.4 Å². The predicted molar refractivity (Wildman–Crippen MR) is 80.2 cm³/mol. The number of nitrogens with one attached hydrogen (secondary N) is 1. The molecule has 1 aromatic rings. The van der Waals surface area contributed by atoms with E-state index in [1.807, 2.05) is 13.8 Å². The Bertz CT molecular complexity index is 502. The van der Waals surface area contributed by atoms with Crippen LogP contribution >= 0.6 is 0 Å². The third-order valence-corrected chi connectivity index (χ3v) is 2.97. The van der Waals surface area contributed by atoms with E-state index < -0.39 is 5.97 Å². The largest absolute Gasteiger partial charge is 0.495 e. The van der Waals surface area contributed by atoms with Gasteiger partial charge in [0.15, 0.2) is 6.61 Å². The maximum Gasteiger partial charge on any atom is 0.340 e. The van der Waals surface area contributed by atoms with Crippen molar-refractivity contribution in [3.63, 3.8) is 0 Å². The molecule has 1 amide bonds. The monoisotopic (exact) mass is 294 g/mol. The van der Waals surface area contributed by atoms with Gasteiger partial charge in [0, 0.05) is 6.04 Å². The van der Waals surface area contributed by atoms with Gasteiger partial charge in [-0.2, -0.15) is 0 Å². The highest BCUT2D eigenvalue weighted by Gasteiger charge is 2.16. The Balaban J connectivity index is 2.56. The molecule has 0 spiro atoms. The Kier molecular flexibility index (Phi) is 6.52. The maximum absolute atomic E-state index is 11.9. The van der Waals surface area contributed by atoms with Crippen molar-refractivity contribution in [1.29, 1.82) is 0 Å². The van der Waals surface area contributed by atoms with E-state index in [9.17, 15) is 9.59 Å². The third kappa shape index (κ3) is 4.98. The minimum Gasteiger partial charge on any atom is -0.495 e. The van der Waals surface area contributed by atoms with E-state index in [4.69, 9.17) is 15.2 Å². The van der Waals surface area contributed by atoms with Crippen molar-refractivity contribution in [3.8, 4) is 5.75 Å². The van der Waals surface area contributed by atoms with Crippen LogP contribution in [0.25, 0.3) is 0 Å². The molecule has 0 saturated carbocycles. The molecular weight excluding hydrogens is 272 g/mol. The lowest BCUT2D eigenvalue weighted by atomic mass is 10.1. The number of para-hydroxylation sites is 1. The summed E-state index contributed by atoms with van der Waals surface area (Å²) < 4.78 is 9.99. The summed E-state index contributed by atoms with van der Waals surface area (Å²) in [5.74, 6) is -0.582. The summed E-state index contributed by atoms with van der Waals surface area (Å²) in [5, 5.41) is 2.75. The molecule has 6 heteroatoms. The number of hydrogen-bond acceptors (Lipinski definition) is 5. The van der Waals surface area contributed by atoms with Crippen LogP contribution in [0, 0.1) is 0 Å². The van der Waals surface area contributed by atoms with E-state index >= 15 is 0 Å². The molecule has 0 radical (unpaired) electrons. The number of carbonyl (C=O) groups is 2. The normalized spacial score (nSPS) is 11.6. The number of carbonyl (C=O) groups excluding carboxylic acids is 2. The zero-order chi connectivity index (χ0) is 15.8. The number of hydrogen-bond donors (Lipinski definition) is 2. The minimum atomic E-state index is -0.648. The van der Waals surface area contributed by atoms with E-state index in [-0.39, 0.29) is 29.8 Å². The predicted octanol–water partition coefficient (Wildman–Crippen LogP) is 1.74. The molecule has 1 unspecified atom stereocenters. The summed E-state index contributed by atoms with van der Waals surface area (Å²) in [6.07, 6.45) is 1.85. The summed E-state index contributed by atoms with van der Waals surface area (Å²) in [7, 11) is 1.46. The number of nitrogens with two attached hydrogens (primary N) is 1. The molecule has 0 fully saturated rings. The van der Waals surface area contributed by atoms with Crippen molar-refractivity contribution in [2.45, 2.75) is 32.7 Å². The number of nitrogen functional groups attached to an aromatic ring is 1. The topological polar surface area (TPSA) is 90.6 Å². The zero-order valence-electron chi connectivity index (χ0n) is 12.6. The number of rotatable bonds is 7. The van der Waals surface area contributed by atoms with Crippen LogP contribution in [-0.4, -0.2) is 31.6 Å². The molecule has 0 heterocycles. The van der Waals surface area contributed by atoms with Gasteiger partial charge in [-0.25, -0.2) is 4.79 Å². The molecule has 1 aromatic carbocycles. The fraction of sp³-hybridized carbons (Fsp3) is 0.467. The molecule has 21 heavy (non-hydrogen) atoms. The van der Waals surface area contributed by atoms with Gasteiger partial charge < -0.3 is 20.5 Å². The van der Waals surface area contributed by atoms with Gasteiger partial charge >= 0.3 is 5.97 Å². The molecule has 0 aliphatic carbocycles. The van der Waals surface area contributed by atoms with Crippen molar-refractivity contribution in [3.05, 3.63) is 23.8 Å². The molecule has 0 aliphatic heterocycles. The summed E-state index contributed by atoms with van der Waals surface area (Å²) in [6.45, 7) is 3.61.